The van der Waals surface area contributed by atoms with Crippen LogP contribution in [0.4, 0.5) is 9.52 Å². The number of aromatic nitrogens is 2. The average molecular weight is 289 g/mol. The second-order valence-corrected chi connectivity index (χ2v) is 5.38. The highest BCUT2D eigenvalue weighted by Gasteiger charge is 2.11. The number of nitrogens with zero attached hydrogens (tertiary/aromatic N) is 1. The predicted molar refractivity (Wildman–Crippen MR) is 77.4 cm³/mol. The number of hydrogen-bond acceptors (Lipinski definition) is 3. The van der Waals surface area contributed by atoms with Crippen LogP contribution in [-0.2, 0) is 11.2 Å². The second kappa shape index (κ2) is 5.05. The van der Waals surface area contributed by atoms with Crippen molar-refractivity contribution in [3.8, 4) is 0 Å². The van der Waals surface area contributed by atoms with Crippen LogP contribution in [0.15, 0.2) is 29.8 Å². The maximum atomic E-state index is 13.3. The van der Waals surface area contributed by atoms with Crippen LogP contribution in [0.5, 0.6) is 0 Å². The average Bonchev–Trinajstić information content (AvgIpc) is 2.97. The fourth-order valence-corrected chi connectivity index (χ4v) is 2.75. The normalized spacial score (nSPS) is 10.9. The van der Waals surface area contributed by atoms with E-state index in [9.17, 15) is 9.18 Å². The molecule has 3 aromatic rings. The zero-order chi connectivity index (χ0) is 14.1. The summed E-state index contributed by atoms with van der Waals surface area (Å²) in [6.07, 6.45) is 1.92. The first-order valence-corrected chi connectivity index (χ1v) is 6.97. The van der Waals surface area contributed by atoms with Gasteiger partial charge in [-0.25, -0.2) is 9.37 Å². The molecule has 0 fully saturated rings. The molecule has 0 aliphatic heterocycles. The van der Waals surface area contributed by atoms with E-state index < -0.39 is 0 Å². The number of benzene rings is 1. The van der Waals surface area contributed by atoms with Crippen LogP contribution in [0.3, 0.4) is 0 Å². The summed E-state index contributed by atoms with van der Waals surface area (Å²) < 4.78 is 13.3. The highest BCUT2D eigenvalue weighted by molar-refractivity contribution is 7.13. The molecule has 0 aliphatic carbocycles. The molecule has 0 unspecified atom stereocenters. The molecule has 0 saturated heterocycles. The van der Waals surface area contributed by atoms with E-state index in [0.29, 0.717) is 5.13 Å². The molecule has 0 spiro atoms. The highest BCUT2D eigenvalue weighted by Crippen LogP contribution is 2.21. The molecule has 20 heavy (non-hydrogen) atoms. The first-order chi connectivity index (χ1) is 9.61. The second-order valence-electron chi connectivity index (χ2n) is 4.52. The molecular formula is C14H12FN3OS. The van der Waals surface area contributed by atoms with Gasteiger partial charge in [0.15, 0.2) is 5.13 Å². The van der Waals surface area contributed by atoms with Gasteiger partial charge in [-0.1, -0.05) is 0 Å². The summed E-state index contributed by atoms with van der Waals surface area (Å²) >= 11 is 1.39. The van der Waals surface area contributed by atoms with Gasteiger partial charge in [0.25, 0.3) is 0 Å². The molecule has 0 aliphatic rings. The number of carbonyl (C=O) groups is 1. The Hall–Kier alpha value is -2.21. The Morgan fingerprint density at radius 2 is 2.35 bits per heavy atom. The third kappa shape index (κ3) is 2.55. The third-order valence-electron chi connectivity index (χ3n) is 2.95. The zero-order valence-corrected chi connectivity index (χ0v) is 11.6. The number of fused-ring (bicyclic) bond motifs is 1. The Balaban J connectivity index is 1.79. The Labute approximate surface area is 118 Å². The van der Waals surface area contributed by atoms with Gasteiger partial charge >= 0.3 is 0 Å². The molecule has 0 atom stereocenters. The van der Waals surface area contributed by atoms with E-state index in [1.807, 2.05) is 12.3 Å². The maximum Gasteiger partial charge on any atom is 0.230 e. The molecule has 0 bridgehead atoms. The first kappa shape index (κ1) is 12.8. The van der Waals surface area contributed by atoms with Crippen LogP contribution < -0.4 is 5.32 Å². The number of halogens is 1. The smallest absolute Gasteiger partial charge is 0.230 e. The monoisotopic (exact) mass is 289 g/mol. The number of anilines is 1. The Morgan fingerprint density at radius 3 is 3.10 bits per heavy atom. The van der Waals surface area contributed by atoms with Crippen molar-refractivity contribution in [1.29, 1.82) is 0 Å². The van der Waals surface area contributed by atoms with Gasteiger partial charge in [0.2, 0.25) is 5.91 Å². The Morgan fingerprint density at radius 1 is 1.50 bits per heavy atom. The summed E-state index contributed by atoms with van der Waals surface area (Å²) in [6, 6.07) is 4.49. The fraction of sp³-hybridized carbons (Fsp3) is 0.143. The molecule has 2 heterocycles. The van der Waals surface area contributed by atoms with Crippen molar-refractivity contribution >= 4 is 33.3 Å². The van der Waals surface area contributed by atoms with Crippen LogP contribution in [-0.4, -0.2) is 15.9 Å². The summed E-state index contributed by atoms with van der Waals surface area (Å²) in [5, 5.41) is 5.93. The summed E-state index contributed by atoms with van der Waals surface area (Å²) in [7, 11) is 0. The number of aromatic amines is 1. The minimum atomic E-state index is -0.311. The highest BCUT2D eigenvalue weighted by atomic mass is 32.1. The van der Waals surface area contributed by atoms with Crippen molar-refractivity contribution in [3.05, 3.63) is 46.9 Å². The van der Waals surface area contributed by atoms with Gasteiger partial charge in [0.05, 0.1) is 12.1 Å². The van der Waals surface area contributed by atoms with Gasteiger partial charge in [0.1, 0.15) is 5.82 Å². The van der Waals surface area contributed by atoms with Crippen LogP contribution in [0.25, 0.3) is 10.9 Å². The summed E-state index contributed by atoms with van der Waals surface area (Å²) in [5.41, 5.74) is 2.46. The molecule has 2 N–H and O–H groups in total. The van der Waals surface area contributed by atoms with Crippen LogP contribution >= 0.6 is 11.3 Å². The fourth-order valence-electron chi connectivity index (χ4n) is 2.04. The summed E-state index contributed by atoms with van der Waals surface area (Å²) in [6.45, 7) is 1.87. The van der Waals surface area contributed by atoms with Gasteiger partial charge in [-0.3, -0.25) is 4.79 Å². The van der Waals surface area contributed by atoms with Crippen molar-refractivity contribution in [2.45, 2.75) is 13.3 Å². The zero-order valence-electron chi connectivity index (χ0n) is 10.7. The van der Waals surface area contributed by atoms with Crippen LogP contribution in [0, 0.1) is 12.7 Å². The number of aryl methyl sites for hydroxylation is 1. The number of hydrogen-bond donors (Lipinski definition) is 2. The molecular weight excluding hydrogens is 277 g/mol. The molecule has 2 aromatic heterocycles. The number of H-pyrrole nitrogens is 1. The molecule has 1 amide bonds. The van der Waals surface area contributed by atoms with E-state index in [4.69, 9.17) is 0 Å². The molecule has 102 valence electrons. The minimum absolute atomic E-state index is 0.162. The number of thiazole rings is 1. The lowest BCUT2D eigenvalue weighted by molar-refractivity contribution is -0.115. The molecule has 0 radical (unpaired) electrons. The van der Waals surface area contributed by atoms with E-state index in [1.165, 1.54) is 23.5 Å². The van der Waals surface area contributed by atoms with E-state index in [1.54, 1.807) is 12.3 Å². The number of nitrogens with one attached hydrogen (secondary N) is 2. The standard InChI is InChI=1S/C14H12FN3OS/c1-8-7-20-14(17-8)18-13(19)4-9-6-16-12-3-2-10(15)5-11(9)12/h2-3,5-7,16H,4H2,1H3,(H,17,18,19). The largest absolute Gasteiger partial charge is 0.361 e. The van der Waals surface area contributed by atoms with E-state index in [0.717, 1.165) is 22.2 Å². The Bertz CT molecular complexity index is 778. The van der Waals surface area contributed by atoms with Crippen molar-refractivity contribution in [1.82, 2.24) is 9.97 Å². The van der Waals surface area contributed by atoms with Gasteiger partial charge < -0.3 is 10.3 Å². The van der Waals surface area contributed by atoms with Crippen molar-refractivity contribution in [3.63, 3.8) is 0 Å². The van der Waals surface area contributed by atoms with Crippen molar-refractivity contribution < 1.29 is 9.18 Å². The SMILES string of the molecule is Cc1csc(NC(=O)Cc2c[nH]c3ccc(F)cc23)n1. The lowest BCUT2D eigenvalue weighted by Gasteiger charge is -2.01. The third-order valence-corrected chi connectivity index (χ3v) is 3.82. The molecule has 4 nitrogen and oxygen atoms in total. The predicted octanol–water partition coefficient (Wildman–Crippen LogP) is 3.25. The minimum Gasteiger partial charge on any atom is -0.361 e. The van der Waals surface area contributed by atoms with E-state index in [-0.39, 0.29) is 18.1 Å². The summed E-state index contributed by atoms with van der Waals surface area (Å²) in [5.74, 6) is -0.473. The van der Waals surface area contributed by atoms with Gasteiger partial charge in [-0.05, 0) is 30.7 Å². The van der Waals surface area contributed by atoms with Gasteiger partial charge in [-0.2, -0.15) is 0 Å². The van der Waals surface area contributed by atoms with Crippen molar-refractivity contribution in [2.75, 3.05) is 5.32 Å². The molecule has 0 saturated carbocycles. The van der Waals surface area contributed by atoms with Crippen molar-refractivity contribution in [2.24, 2.45) is 0 Å². The maximum absolute atomic E-state index is 13.3. The number of amides is 1. The summed E-state index contributed by atoms with van der Waals surface area (Å²) in [4.78, 5) is 19.2. The molecule has 1 aromatic carbocycles. The quantitative estimate of drug-likeness (QED) is 0.777. The van der Waals surface area contributed by atoms with Crippen LogP contribution in [0.1, 0.15) is 11.3 Å². The van der Waals surface area contributed by atoms with Gasteiger partial charge in [0, 0.05) is 22.5 Å². The van der Waals surface area contributed by atoms with E-state index >= 15 is 0 Å². The van der Waals surface area contributed by atoms with Gasteiger partial charge in [-0.15, -0.1) is 11.3 Å². The Kier molecular flexibility index (Phi) is 3.23. The number of carbonyl (C=O) groups excluding carboxylic acids is 1. The topological polar surface area (TPSA) is 57.8 Å². The lowest BCUT2D eigenvalue weighted by atomic mass is 10.1. The number of rotatable bonds is 3. The van der Waals surface area contributed by atoms with E-state index in [2.05, 4.69) is 15.3 Å². The lowest BCUT2D eigenvalue weighted by Crippen LogP contribution is -2.14. The molecule has 6 heteroatoms. The molecule has 3 rings (SSSR count). The van der Waals surface area contributed by atoms with Crippen LogP contribution in [0.2, 0.25) is 0 Å². The first-order valence-electron chi connectivity index (χ1n) is 6.09.